The van der Waals surface area contributed by atoms with Crippen LogP contribution in [0.25, 0.3) is 0 Å². The van der Waals surface area contributed by atoms with E-state index in [0.717, 1.165) is 5.56 Å². The molecule has 3 aliphatic heterocycles. The number of aliphatic imine (C=N–C) groups is 1. The predicted molar refractivity (Wildman–Crippen MR) is 119 cm³/mol. The second-order valence-electron chi connectivity index (χ2n) is 8.73. The zero-order valence-corrected chi connectivity index (χ0v) is 19.0. The number of anilines is 1. The van der Waals surface area contributed by atoms with Gasteiger partial charge in [0, 0.05) is 31.8 Å². The molecular formula is C20H26BClN4O5. The Labute approximate surface area is 186 Å². The number of carboxylic acid groups (broad SMARTS) is 1. The van der Waals surface area contributed by atoms with Gasteiger partial charge in [0.1, 0.15) is 24.5 Å². The van der Waals surface area contributed by atoms with E-state index in [4.69, 9.17) is 30.8 Å². The van der Waals surface area contributed by atoms with Crippen LogP contribution in [0.15, 0.2) is 23.5 Å². The Morgan fingerprint density at radius 1 is 1.35 bits per heavy atom. The number of halogens is 1. The van der Waals surface area contributed by atoms with Gasteiger partial charge in [0.2, 0.25) is 0 Å². The maximum absolute atomic E-state index is 11.1. The molecule has 11 heteroatoms. The Bertz CT molecular complexity index is 965. The molecule has 2 N–H and O–H groups in total. The van der Waals surface area contributed by atoms with Crippen LogP contribution < -0.4 is 15.5 Å². The van der Waals surface area contributed by atoms with Gasteiger partial charge >= 0.3 is 13.2 Å². The van der Waals surface area contributed by atoms with E-state index in [1.165, 1.54) is 11.9 Å². The van der Waals surface area contributed by atoms with E-state index in [-0.39, 0.29) is 0 Å². The van der Waals surface area contributed by atoms with Gasteiger partial charge in [-0.25, -0.2) is 9.79 Å². The second-order valence-corrected chi connectivity index (χ2v) is 9.11. The van der Waals surface area contributed by atoms with Crippen molar-refractivity contribution < 1.29 is 23.9 Å². The van der Waals surface area contributed by atoms with Crippen LogP contribution >= 0.6 is 11.6 Å². The Morgan fingerprint density at radius 3 is 2.68 bits per heavy atom. The molecule has 1 fully saturated rings. The van der Waals surface area contributed by atoms with Crippen molar-refractivity contribution in [1.29, 1.82) is 0 Å². The Kier molecular flexibility index (Phi) is 5.35. The van der Waals surface area contributed by atoms with Crippen molar-refractivity contribution in [1.82, 2.24) is 9.80 Å². The smallest absolute Gasteiger partial charge is 0.465 e. The van der Waals surface area contributed by atoms with E-state index >= 15 is 0 Å². The van der Waals surface area contributed by atoms with Crippen LogP contribution in [-0.4, -0.2) is 72.0 Å². The molecule has 0 aliphatic carbocycles. The SMILES string of the molecule is CN(CCN1C=COc2cc(B3OC(C)(C)C(C)(C)O3)c(Cl)c3c2C1=NCN3)C(=O)O. The highest BCUT2D eigenvalue weighted by molar-refractivity contribution is 6.66. The number of rotatable bonds is 4. The second kappa shape index (κ2) is 7.61. The summed E-state index contributed by atoms with van der Waals surface area (Å²) in [6.45, 7) is 9.00. The van der Waals surface area contributed by atoms with Gasteiger partial charge in [-0.05, 0) is 33.8 Å². The van der Waals surface area contributed by atoms with Gasteiger partial charge in [-0.2, -0.15) is 0 Å². The minimum absolute atomic E-state index is 0.302. The fourth-order valence-corrected chi connectivity index (χ4v) is 3.87. The van der Waals surface area contributed by atoms with Crippen molar-refractivity contribution >= 4 is 41.8 Å². The average molecular weight is 449 g/mol. The number of ether oxygens (including phenoxy) is 1. The first-order chi connectivity index (χ1) is 14.5. The first-order valence-corrected chi connectivity index (χ1v) is 10.4. The van der Waals surface area contributed by atoms with Gasteiger partial charge in [0.05, 0.1) is 27.5 Å². The minimum Gasteiger partial charge on any atom is -0.465 e. The van der Waals surface area contributed by atoms with Crippen LogP contribution in [0, 0.1) is 0 Å². The molecule has 0 saturated carbocycles. The molecule has 1 saturated heterocycles. The summed E-state index contributed by atoms with van der Waals surface area (Å²) < 4.78 is 18.3. The first-order valence-electron chi connectivity index (χ1n) is 10.1. The van der Waals surface area contributed by atoms with E-state index in [2.05, 4.69) is 10.3 Å². The van der Waals surface area contributed by atoms with Gasteiger partial charge < -0.3 is 34.3 Å². The van der Waals surface area contributed by atoms with Crippen molar-refractivity contribution in [2.45, 2.75) is 38.9 Å². The maximum Gasteiger partial charge on any atom is 0.496 e. The topological polar surface area (TPSA) is 95.9 Å². The van der Waals surface area contributed by atoms with E-state index in [0.29, 0.717) is 47.5 Å². The molecule has 0 aromatic heterocycles. The summed E-state index contributed by atoms with van der Waals surface area (Å²) in [6, 6.07) is 1.82. The van der Waals surface area contributed by atoms with Crippen LogP contribution in [0.2, 0.25) is 5.02 Å². The fraction of sp³-hybridized carbons (Fsp3) is 0.500. The van der Waals surface area contributed by atoms with Crippen molar-refractivity contribution in [2.75, 3.05) is 32.1 Å². The van der Waals surface area contributed by atoms with Gasteiger partial charge in [-0.1, -0.05) is 11.6 Å². The zero-order valence-electron chi connectivity index (χ0n) is 18.2. The number of carbonyl (C=O) groups is 1. The molecular weight excluding hydrogens is 423 g/mol. The van der Waals surface area contributed by atoms with E-state index in [1.54, 1.807) is 12.5 Å². The van der Waals surface area contributed by atoms with Crippen LogP contribution in [0.5, 0.6) is 5.75 Å². The number of benzene rings is 1. The van der Waals surface area contributed by atoms with Gasteiger partial charge in [0.25, 0.3) is 0 Å². The Morgan fingerprint density at radius 2 is 2.03 bits per heavy atom. The van der Waals surface area contributed by atoms with Crippen LogP contribution in [-0.2, 0) is 9.31 Å². The van der Waals surface area contributed by atoms with Crippen LogP contribution in [0.3, 0.4) is 0 Å². The van der Waals surface area contributed by atoms with Gasteiger partial charge in [-0.15, -0.1) is 0 Å². The Balaban J connectivity index is 1.70. The predicted octanol–water partition coefficient (Wildman–Crippen LogP) is 2.54. The molecule has 9 nitrogen and oxygen atoms in total. The summed E-state index contributed by atoms with van der Waals surface area (Å²) in [6.07, 6.45) is 2.31. The zero-order chi connectivity index (χ0) is 22.6. The lowest BCUT2D eigenvalue weighted by Gasteiger charge is -2.32. The standard InChI is InChI=1S/C20H26BClN4O5/c1-19(2)20(3,4)31-21(30-19)12-10-13-14-16(15(12)22)23-11-24-17(14)26(8-9-29-13)7-6-25(5)18(27)28/h8-10,23H,6-7,11H2,1-5H3,(H,27,28). The highest BCUT2D eigenvalue weighted by Crippen LogP contribution is 2.41. The van der Waals surface area contributed by atoms with E-state index in [1.807, 2.05) is 38.7 Å². The summed E-state index contributed by atoms with van der Waals surface area (Å²) in [5.74, 6) is 1.24. The molecule has 3 heterocycles. The van der Waals surface area contributed by atoms with Gasteiger partial charge in [0.15, 0.2) is 0 Å². The number of amides is 1. The molecule has 0 unspecified atom stereocenters. The number of nitrogens with zero attached hydrogens (tertiary/aromatic N) is 3. The van der Waals surface area contributed by atoms with Crippen molar-refractivity contribution in [3.63, 3.8) is 0 Å². The summed E-state index contributed by atoms with van der Waals surface area (Å²) in [7, 11) is 0.886. The van der Waals surface area contributed by atoms with Crippen molar-refractivity contribution in [2.24, 2.45) is 4.99 Å². The molecule has 31 heavy (non-hydrogen) atoms. The number of hydrogen-bond acceptors (Lipinski definition) is 7. The van der Waals surface area contributed by atoms with Crippen LogP contribution in [0.1, 0.15) is 33.3 Å². The first kappa shape index (κ1) is 21.8. The maximum atomic E-state index is 11.1. The summed E-state index contributed by atoms with van der Waals surface area (Å²) >= 11 is 6.82. The third-order valence-corrected chi connectivity index (χ3v) is 6.59. The van der Waals surface area contributed by atoms with Crippen molar-refractivity contribution in [3.8, 4) is 5.75 Å². The summed E-state index contributed by atoms with van der Waals surface area (Å²) in [4.78, 5) is 18.8. The molecule has 0 radical (unpaired) electrons. The fourth-order valence-electron chi connectivity index (χ4n) is 3.57. The summed E-state index contributed by atoms with van der Waals surface area (Å²) in [5, 5.41) is 12.9. The molecule has 1 amide bonds. The monoisotopic (exact) mass is 448 g/mol. The molecule has 3 aliphatic rings. The molecule has 4 rings (SSSR count). The van der Waals surface area contributed by atoms with Crippen LogP contribution in [0.4, 0.5) is 10.5 Å². The number of hydrogen-bond donors (Lipinski definition) is 2. The third kappa shape index (κ3) is 3.73. The van der Waals surface area contributed by atoms with E-state index < -0.39 is 24.4 Å². The lowest BCUT2D eigenvalue weighted by atomic mass is 9.77. The van der Waals surface area contributed by atoms with Crippen molar-refractivity contribution in [3.05, 3.63) is 29.1 Å². The molecule has 0 atom stereocenters. The molecule has 166 valence electrons. The van der Waals surface area contributed by atoms with E-state index in [9.17, 15) is 4.79 Å². The molecule has 0 spiro atoms. The normalized spacial score (nSPS) is 20.4. The number of nitrogens with one attached hydrogen (secondary N) is 1. The third-order valence-electron chi connectivity index (χ3n) is 6.18. The minimum atomic E-state index is -0.988. The number of amidine groups is 1. The number of likely N-dealkylation sites (N-methyl/N-ethyl adjacent to an activating group) is 1. The quantitative estimate of drug-likeness (QED) is 0.683. The lowest BCUT2D eigenvalue weighted by molar-refractivity contribution is 0.00578. The Hall–Kier alpha value is -2.43. The molecule has 1 aromatic rings. The summed E-state index contributed by atoms with van der Waals surface area (Å²) in [5.41, 5.74) is 1.08. The highest BCUT2D eigenvalue weighted by atomic mass is 35.5. The lowest BCUT2D eigenvalue weighted by Crippen LogP contribution is -2.41. The molecule has 0 bridgehead atoms. The van der Waals surface area contributed by atoms with Gasteiger partial charge in [-0.3, -0.25) is 0 Å². The highest BCUT2D eigenvalue weighted by Gasteiger charge is 2.52. The largest absolute Gasteiger partial charge is 0.496 e. The average Bonchev–Trinajstić information content (AvgIpc) is 2.82. The molecule has 1 aromatic carbocycles.